The van der Waals surface area contributed by atoms with Gasteiger partial charge in [-0.15, -0.1) is 0 Å². The Labute approximate surface area is 75.3 Å². The molecule has 1 N–H and O–H groups in total. The Bertz CT molecular complexity index is 143. The highest BCUT2D eigenvalue weighted by Crippen LogP contribution is 2.30. The van der Waals surface area contributed by atoms with E-state index in [4.69, 9.17) is 0 Å². The lowest BCUT2D eigenvalue weighted by atomic mass is 10.2. The fourth-order valence-corrected chi connectivity index (χ4v) is 1.96. The van der Waals surface area contributed by atoms with Gasteiger partial charge in [0.25, 0.3) is 0 Å². The molecule has 0 radical (unpaired) electrons. The molecule has 0 bridgehead atoms. The molecule has 1 unspecified atom stereocenters. The molecule has 0 amide bonds. The Hall–Kier alpha value is -0.0800. The van der Waals surface area contributed by atoms with Crippen LogP contribution in [0, 0.1) is 5.92 Å². The molecular formula is C10H20N2. The Morgan fingerprint density at radius 1 is 1.25 bits per heavy atom. The van der Waals surface area contributed by atoms with E-state index in [-0.39, 0.29) is 0 Å². The summed E-state index contributed by atoms with van der Waals surface area (Å²) in [4.78, 5) is 2.66. The molecule has 1 atom stereocenters. The fourth-order valence-electron chi connectivity index (χ4n) is 1.96. The first-order valence-electron chi connectivity index (χ1n) is 5.31. The molecule has 2 rings (SSSR count). The van der Waals surface area contributed by atoms with E-state index in [1.807, 2.05) is 0 Å². The molecule has 12 heavy (non-hydrogen) atoms. The second-order valence-electron chi connectivity index (χ2n) is 4.33. The second-order valence-corrected chi connectivity index (χ2v) is 4.33. The van der Waals surface area contributed by atoms with E-state index in [1.165, 1.54) is 45.4 Å². The Kier molecular flexibility index (Phi) is 2.66. The van der Waals surface area contributed by atoms with Crippen LogP contribution in [0.5, 0.6) is 0 Å². The maximum Gasteiger partial charge on any atom is 0.0110 e. The number of hydrogen-bond donors (Lipinski definition) is 1. The number of rotatable bonds is 2. The van der Waals surface area contributed by atoms with Crippen LogP contribution in [0.3, 0.4) is 0 Å². The van der Waals surface area contributed by atoms with Gasteiger partial charge in [-0.05, 0) is 38.6 Å². The summed E-state index contributed by atoms with van der Waals surface area (Å²) in [7, 11) is 0. The zero-order chi connectivity index (χ0) is 8.39. The maximum absolute atomic E-state index is 3.46. The van der Waals surface area contributed by atoms with Gasteiger partial charge < -0.3 is 5.32 Å². The highest BCUT2D eigenvalue weighted by Gasteiger charge is 2.26. The highest BCUT2D eigenvalue weighted by atomic mass is 15.2. The van der Waals surface area contributed by atoms with Crippen molar-refractivity contribution in [1.82, 2.24) is 10.2 Å². The van der Waals surface area contributed by atoms with E-state index in [2.05, 4.69) is 17.1 Å². The molecular weight excluding hydrogens is 148 g/mol. The van der Waals surface area contributed by atoms with Gasteiger partial charge in [-0.3, -0.25) is 4.90 Å². The first-order chi connectivity index (χ1) is 5.86. The number of hydrogen-bond acceptors (Lipinski definition) is 2. The van der Waals surface area contributed by atoms with Gasteiger partial charge in [0, 0.05) is 25.7 Å². The molecule has 1 saturated heterocycles. The molecule has 2 fully saturated rings. The van der Waals surface area contributed by atoms with Crippen molar-refractivity contribution in [3.63, 3.8) is 0 Å². The zero-order valence-electron chi connectivity index (χ0n) is 8.05. The summed E-state index contributed by atoms with van der Waals surface area (Å²) in [6, 6.07) is 0.806. The van der Waals surface area contributed by atoms with Crippen molar-refractivity contribution in [2.45, 2.75) is 32.2 Å². The first-order valence-corrected chi connectivity index (χ1v) is 5.31. The van der Waals surface area contributed by atoms with Crippen LogP contribution in [0.2, 0.25) is 0 Å². The molecule has 2 nitrogen and oxygen atoms in total. The van der Waals surface area contributed by atoms with Gasteiger partial charge in [0.05, 0.1) is 0 Å². The van der Waals surface area contributed by atoms with Crippen molar-refractivity contribution in [2.75, 3.05) is 26.2 Å². The molecule has 2 heteroatoms. The molecule has 1 aliphatic carbocycles. The summed E-state index contributed by atoms with van der Waals surface area (Å²) in [6.07, 6.45) is 4.29. The number of nitrogens with one attached hydrogen (secondary N) is 1. The van der Waals surface area contributed by atoms with E-state index >= 15 is 0 Å². The minimum Gasteiger partial charge on any atom is -0.315 e. The molecule has 2 aliphatic rings. The van der Waals surface area contributed by atoms with Crippen molar-refractivity contribution in [1.29, 1.82) is 0 Å². The lowest BCUT2D eigenvalue weighted by Gasteiger charge is -2.26. The van der Waals surface area contributed by atoms with Gasteiger partial charge in [-0.25, -0.2) is 0 Å². The third-order valence-corrected chi connectivity index (χ3v) is 3.13. The van der Waals surface area contributed by atoms with Gasteiger partial charge in [0.15, 0.2) is 0 Å². The summed E-state index contributed by atoms with van der Waals surface area (Å²) < 4.78 is 0. The Morgan fingerprint density at radius 2 is 2.08 bits per heavy atom. The van der Waals surface area contributed by atoms with Gasteiger partial charge in [0.1, 0.15) is 0 Å². The van der Waals surface area contributed by atoms with E-state index in [0.717, 1.165) is 12.0 Å². The average Bonchev–Trinajstić information content (AvgIpc) is 2.84. The molecule has 0 spiro atoms. The molecule has 0 aromatic carbocycles. The third kappa shape index (κ3) is 2.20. The van der Waals surface area contributed by atoms with Crippen molar-refractivity contribution in [3.8, 4) is 0 Å². The van der Waals surface area contributed by atoms with Gasteiger partial charge in [-0.2, -0.15) is 0 Å². The summed E-state index contributed by atoms with van der Waals surface area (Å²) in [6.45, 7) is 7.40. The lowest BCUT2D eigenvalue weighted by Crippen LogP contribution is -2.35. The Balaban J connectivity index is 1.81. The monoisotopic (exact) mass is 168 g/mol. The smallest absolute Gasteiger partial charge is 0.0110 e. The predicted molar refractivity (Wildman–Crippen MR) is 51.2 cm³/mol. The van der Waals surface area contributed by atoms with E-state index in [9.17, 15) is 0 Å². The van der Waals surface area contributed by atoms with E-state index in [1.54, 1.807) is 0 Å². The molecule has 70 valence electrons. The minimum atomic E-state index is 0.806. The van der Waals surface area contributed by atoms with Crippen molar-refractivity contribution in [3.05, 3.63) is 0 Å². The SMILES string of the molecule is CC1CCNCCN1CC1CC1. The van der Waals surface area contributed by atoms with E-state index in [0.29, 0.717) is 0 Å². The second kappa shape index (κ2) is 3.75. The zero-order valence-corrected chi connectivity index (χ0v) is 8.05. The topological polar surface area (TPSA) is 15.3 Å². The van der Waals surface area contributed by atoms with Crippen molar-refractivity contribution < 1.29 is 0 Å². The molecule has 0 aromatic heterocycles. The van der Waals surface area contributed by atoms with Crippen LogP contribution in [0.1, 0.15) is 26.2 Å². The summed E-state index contributed by atoms with van der Waals surface area (Å²) in [5, 5.41) is 3.46. The molecule has 1 heterocycles. The van der Waals surface area contributed by atoms with Crippen LogP contribution in [-0.4, -0.2) is 37.1 Å². The summed E-state index contributed by atoms with van der Waals surface area (Å²) in [5.74, 6) is 1.05. The molecule has 0 aromatic rings. The fraction of sp³-hybridized carbons (Fsp3) is 1.00. The molecule has 1 saturated carbocycles. The van der Waals surface area contributed by atoms with Crippen LogP contribution >= 0.6 is 0 Å². The van der Waals surface area contributed by atoms with E-state index < -0.39 is 0 Å². The van der Waals surface area contributed by atoms with Gasteiger partial charge in [-0.1, -0.05) is 0 Å². The van der Waals surface area contributed by atoms with Gasteiger partial charge in [0.2, 0.25) is 0 Å². The largest absolute Gasteiger partial charge is 0.315 e. The summed E-state index contributed by atoms with van der Waals surface area (Å²) in [5.41, 5.74) is 0. The molecule has 1 aliphatic heterocycles. The third-order valence-electron chi connectivity index (χ3n) is 3.13. The Morgan fingerprint density at radius 3 is 2.83 bits per heavy atom. The standard InChI is InChI=1S/C10H20N2/c1-9-4-5-11-6-7-12(9)8-10-2-3-10/h9-11H,2-8H2,1H3. The maximum atomic E-state index is 3.46. The summed E-state index contributed by atoms with van der Waals surface area (Å²) >= 11 is 0. The lowest BCUT2D eigenvalue weighted by molar-refractivity contribution is 0.211. The van der Waals surface area contributed by atoms with Crippen LogP contribution < -0.4 is 5.32 Å². The first kappa shape index (κ1) is 8.52. The minimum absolute atomic E-state index is 0.806. The van der Waals surface area contributed by atoms with Crippen LogP contribution in [0.25, 0.3) is 0 Å². The normalized spacial score (nSPS) is 33.2. The van der Waals surface area contributed by atoms with Gasteiger partial charge >= 0.3 is 0 Å². The van der Waals surface area contributed by atoms with Crippen molar-refractivity contribution >= 4 is 0 Å². The highest BCUT2D eigenvalue weighted by molar-refractivity contribution is 4.81. The average molecular weight is 168 g/mol. The number of nitrogens with zero attached hydrogens (tertiary/aromatic N) is 1. The van der Waals surface area contributed by atoms with Crippen LogP contribution in [0.4, 0.5) is 0 Å². The quantitative estimate of drug-likeness (QED) is 0.664. The predicted octanol–water partition coefficient (Wildman–Crippen LogP) is 1.08. The van der Waals surface area contributed by atoms with Crippen LogP contribution in [-0.2, 0) is 0 Å². The van der Waals surface area contributed by atoms with Crippen LogP contribution in [0.15, 0.2) is 0 Å². The van der Waals surface area contributed by atoms with Crippen molar-refractivity contribution in [2.24, 2.45) is 5.92 Å².